The maximum Gasteiger partial charge on any atom is 0.255 e. The van der Waals surface area contributed by atoms with Gasteiger partial charge < -0.3 is 4.90 Å². The minimum absolute atomic E-state index is 0.0358. The van der Waals surface area contributed by atoms with Crippen molar-refractivity contribution in [3.05, 3.63) is 53.0 Å². The molecule has 6 nitrogen and oxygen atoms in total. The molecule has 138 valence electrons. The summed E-state index contributed by atoms with van der Waals surface area (Å²) < 4.78 is 13.6. The Morgan fingerprint density at radius 3 is 2.81 bits per heavy atom. The van der Waals surface area contributed by atoms with Crippen LogP contribution in [0.2, 0.25) is 0 Å². The number of piperidine rings is 1. The first-order valence-corrected chi connectivity index (χ1v) is 8.99. The third kappa shape index (κ3) is 3.08. The van der Waals surface area contributed by atoms with Crippen molar-refractivity contribution in [2.45, 2.75) is 31.3 Å². The summed E-state index contributed by atoms with van der Waals surface area (Å²) in [5.74, 6) is -1.43. The predicted molar refractivity (Wildman–Crippen MR) is 95.2 cm³/mol. The summed E-state index contributed by atoms with van der Waals surface area (Å²) in [6, 6.07) is 6.17. The second kappa shape index (κ2) is 6.74. The number of nitrogens with one attached hydrogen (secondary N) is 1. The fourth-order valence-electron chi connectivity index (χ4n) is 3.47. The van der Waals surface area contributed by atoms with Gasteiger partial charge in [0.05, 0.1) is 17.8 Å². The Labute approximate surface area is 159 Å². The SMILES string of the molecule is O=C1CCC(N2Cc3cc(-c4cc(CCl)c(F)cn4)ccc3C2=O)C(=O)N1. The summed E-state index contributed by atoms with van der Waals surface area (Å²) in [6.45, 7) is 0.276. The van der Waals surface area contributed by atoms with Crippen LogP contribution in [0.3, 0.4) is 0 Å². The van der Waals surface area contributed by atoms with Crippen LogP contribution in [-0.4, -0.2) is 33.6 Å². The van der Waals surface area contributed by atoms with Crippen molar-refractivity contribution < 1.29 is 18.8 Å². The van der Waals surface area contributed by atoms with Gasteiger partial charge >= 0.3 is 0 Å². The quantitative estimate of drug-likeness (QED) is 0.648. The van der Waals surface area contributed by atoms with Gasteiger partial charge in [0.15, 0.2) is 0 Å². The molecule has 1 saturated heterocycles. The van der Waals surface area contributed by atoms with Crippen LogP contribution in [0, 0.1) is 5.82 Å². The van der Waals surface area contributed by atoms with E-state index in [2.05, 4.69) is 10.3 Å². The third-order valence-electron chi connectivity index (χ3n) is 4.90. The third-order valence-corrected chi connectivity index (χ3v) is 5.19. The lowest BCUT2D eigenvalue weighted by Gasteiger charge is -2.29. The average molecular weight is 388 g/mol. The highest BCUT2D eigenvalue weighted by molar-refractivity contribution is 6.17. The number of benzene rings is 1. The Bertz CT molecular complexity index is 979. The molecular weight excluding hydrogens is 373 g/mol. The van der Waals surface area contributed by atoms with E-state index in [-0.39, 0.29) is 30.7 Å². The molecule has 1 aromatic heterocycles. The van der Waals surface area contributed by atoms with E-state index in [9.17, 15) is 18.8 Å². The van der Waals surface area contributed by atoms with Crippen LogP contribution in [0.4, 0.5) is 4.39 Å². The molecule has 3 heterocycles. The molecule has 0 bridgehead atoms. The maximum atomic E-state index is 13.6. The molecule has 2 aliphatic heterocycles. The van der Waals surface area contributed by atoms with Gasteiger partial charge in [-0.2, -0.15) is 0 Å². The molecule has 0 saturated carbocycles. The van der Waals surface area contributed by atoms with E-state index in [1.165, 1.54) is 4.90 Å². The first-order valence-electron chi connectivity index (χ1n) is 8.46. The molecule has 2 aliphatic rings. The standard InChI is InChI=1S/C19H15ClFN3O3/c20-7-11-6-15(22-8-14(11)21)10-1-2-13-12(5-10)9-24(19(13)27)16-3-4-17(25)23-18(16)26/h1-2,5-6,8,16H,3-4,7,9H2,(H,23,25,26). The summed E-state index contributed by atoms with van der Waals surface area (Å²) in [4.78, 5) is 41.7. The molecule has 3 amide bonds. The van der Waals surface area contributed by atoms with Crippen molar-refractivity contribution in [2.24, 2.45) is 0 Å². The summed E-state index contributed by atoms with van der Waals surface area (Å²) >= 11 is 5.75. The average Bonchev–Trinajstić information content (AvgIpc) is 2.98. The van der Waals surface area contributed by atoms with E-state index < -0.39 is 17.8 Å². The molecule has 4 rings (SSSR count). The van der Waals surface area contributed by atoms with E-state index in [4.69, 9.17) is 11.6 Å². The zero-order valence-electron chi connectivity index (χ0n) is 14.2. The van der Waals surface area contributed by atoms with Crippen molar-refractivity contribution in [1.29, 1.82) is 0 Å². The molecular formula is C19H15ClFN3O3. The van der Waals surface area contributed by atoms with Crippen LogP contribution < -0.4 is 5.32 Å². The van der Waals surface area contributed by atoms with Crippen molar-refractivity contribution >= 4 is 29.3 Å². The normalized spacial score (nSPS) is 19.3. The van der Waals surface area contributed by atoms with Crippen LogP contribution >= 0.6 is 11.6 Å². The number of hydrogen-bond acceptors (Lipinski definition) is 4. The molecule has 1 N–H and O–H groups in total. The number of carbonyl (C=O) groups is 3. The molecule has 0 spiro atoms. The number of pyridine rings is 1. The number of imide groups is 1. The molecule has 0 aliphatic carbocycles. The van der Waals surface area contributed by atoms with Crippen molar-refractivity contribution in [1.82, 2.24) is 15.2 Å². The number of nitrogens with zero attached hydrogens (tertiary/aromatic N) is 2. The second-order valence-corrected chi connectivity index (χ2v) is 6.83. The zero-order chi connectivity index (χ0) is 19.1. The van der Waals surface area contributed by atoms with Crippen LogP contribution in [0.15, 0.2) is 30.5 Å². The van der Waals surface area contributed by atoms with E-state index in [1.807, 2.05) is 6.07 Å². The summed E-state index contributed by atoms with van der Waals surface area (Å²) in [7, 11) is 0. The van der Waals surface area contributed by atoms with Gasteiger partial charge in [-0.3, -0.25) is 24.7 Å². The first-order chi connectivity index (χ1) is 13.0. The van der Waals surface area contributed by atoms with Crippen LogP contribution in [0.5, 0.6) is 0 Å². The van der Waals surface area contributed by atoms with E-state index in [0.717, 1.165) is 17.3 Å². The minimum atomic E-state index is -0.655. The maximum absolute atomic E-state index is 13.6. The van der Waals surface area contributed by atoms with Gasteiger partial charge in [-0.1, -0.05) is 6.07 Å². The Hall–Kier alpha value is -2.80. The lowest BCUT2D eigenvalue weighted by molar-refractivity contribution is -0.136. The molecule has 2 aromatic rings. The van der Waals surface area contributed by atoms with Crippen molar-refractivity contribution in [2.75, 3.05) is 0 Å². The highest BCUT2D eigenvalue weighted by Gasteiger charge is 2.39. The predicted octanol–water partition coefficient (Wildman–Crippen LogP) is 2.39. The number of halogens is 2. The molecule has 1 atom stereocenters. The van der Waals surface area contributed by atoms with Crippen molar-refractivity contribution in [3.8, 4) is 11.3 Å². The first kappa shape index (κ1) is 17.6. The fraction of sp³-hybridized carbons (Fsp3) is 0.263. The zero-order valence-corrected chi connectivity index (χ0v) is 14.9. The summed E-state index contributed by atoms with van der Waals surface area (Å²) in [5, 5.41) is 2.28. The Morgan fingerprint density at radius 1 is 1.26 bits per heavy atom. The second-order valence-electron chi connectivity index (χ2n) is 6.57. The van der Waals surface area contributed by atoms with Gasteiger partial charge in [0.25, 0.3) is 5.91 Å². The molecule has 8 heteroatoms. The molecule has 27 heavy (non-hydrogen) atoms. The van der Waals surface area contributed by atoms with Gasteiger partial charge in [-0.25, -0.2) is 4.39 Å². The van der Waals surface area contributed by atoms with Gasteiger partial charge in [-0.15, -0.1) is 11.6 Å². The number of carbonyl (C=O) groups excluding carboxylic acids is 3. The Kier molecular flexibility index (Phi) is 4.39. The van der Waals surface area contributed by atoms with E-state index in [0.29, 0.717) is 23.2 Å². The van der Waals surface area contributed by atoms with Gasteiger partial charge in [-0.05, 0) is 30.2 Å². The van der Waals surface area contributed by atoms with Crippen LogP contribution in [0.1, 0.15) is 34.3 Å². The highest BCUT2D eigenvalue weighted by atomic mass is 35.5. The largest absolute Gasteiger partial charge is 0.322 e. The lowest BCUT2D eigenvalue weighted by Crippen LogP contribution is -2.52. The monoisotopic (exact) mass is 387 g/mol. The number of rotatable bonds is 3. The molecule has 1 unspecified atom stereocenters. The summed E-state index contributed by atoms with van der Waals surface area (Å²) in [5.41, 5.74) is 2.92. The van der Waals surface area contributed by atoms with Gasteiger partial charge in [0.2, 0.25) is 11.8 Å². The Morgan fingerprint density at radius 2 is 2.07 bits per heavy atom. The highest BCUT2D eigenvalue weighted by Crippen LogP contribution is 2.31. The fourth-order valence-corrected chi connectivity index (χ4v) is 3.68. The van der Waals surface area contributed by atoms with E-state index >= 15 is 0 Å². The van der Waals surface area contributed by atoms with Crippen molar-refractivity contribution in [3.63, 3.8) is 0 Å². The smallest absolute Gasteiger partial charge is 0.255 e. The number of hydrogen-bond donors (Lipinski definition) is 1. The number of alkyl halides is 1. The molecule has 1 aromatic carbocycles. The summed E-state index contributed by atoms with van der Waals surface area (Å²) in [6.07, 6.45) is 1.65. The van der Waals surface area contributed by atoms with Gasteiger partial charge in [0.1, 0.15) is 11.9 Å². The van der Waals surface area contributed by atoms with Gasteiger partial charge in [0, 0.05) is 29.7 Å². The minimum Gasteiger partial charge on any atom is -0.322 e. The number of amides is 3. The lowest BCUT2D eigenvalue weighted by atomic mass is 10.0. The number of fused-ring (bicyclic) bond motifs is 1. The number of aromatic nitrogens is 1. The van der Waals surface area contributed by atoms with E-state index in [1.54, 1.807) is 18.2 Å². The van der Waals surface area contributed by atoms with Crippen LogP contribution in [-0.2, 0) is 22.0 Å². The molecule has 1 fully saturated rings. The topological polar surface area (TPSA) is 79.4 Å². The Balaban J connectivity index is 1.63. The molecule has 0 radical (unpaired) electrons. The van der Waals surface area contributed by atoms with Crippen LogP contribution in [0.25, 0.3) is 11.3 Å².